The maximum atomic E-state index is 13.1. The summed E-state index contributed by atoms with van der Waals surface area (Å²) in [5.41, 5.74) is 1.08. The highest BCUT2D eigenvalue weighted by Gasteiger charge is 2.45. The third kappa shape index (κ3) is 2.97. The molecule has 7 nitrogen and oxygen atoms in total. The van der Waals surface area contributed by atoms with Gasteiger partial charge in [0.1, 0.15) is 17.5 Å². The average Bonchev–Trinajstić information content (AvgIpc) is 3.23. The first-order valence-electron chi connectivity index (χ1n) is 8.69. The molecule has 26 heavy (non-hydrogen) atoms. The van der Waals surface area contributed by atoms with Crippen molar-refractivity contribution < 1.29 is 22.5 Å². The zero-order chi connectivity index (χ0) is 18.3. The van der Waals surface area contributed by atoms with Crippen LogP contribution in [-0.4, -0.2) is 32.0 Å². The molecule has 0 saturated heterocycles. The van der Waals surface area contributed by atoms with E-state index in [0.717, 1.165) is 37.0 Å². The highest BCUT2D eigenvalue weighted by molar-refractivity contribution is 5.93. The number of nitrogens with zero attached hydrogens (tertiary/aromatic N) is 4. The summed E-state index contributed by atoms with van der Waals surface area (Å²) in [5, 5.41) is 14.1. The van der Waals surface area contributed by atoms with E-state index in [1.165, 1.54) is 4.57 Å². The molecule has 1 unspecified atom stereocenters. The van der Waals surface area contributed by atoms with Gasteiger partial charge in [0.25, 0.3) is 5.91 Å². The van der Waals surface area contributed by atoms with Crippen molar-refractivity contribution in [1.29, 1.82) is 0 Å². The van der Waals surface area contributed by atoms with Crippen LogP contribution in [-0.2, 0) is 25.9 Å². The standard InChI is InChI=1S/C16H18F3N5O2/c17-16(18,19)10-5-3-7-24-12(21-22-14(10)24)8-20-15(25)13-9-4-1-2-6-11(9)26-23-13/h10H,1-8H2,(H,20,25). The van der Waals surface area contributed by atoms with Gasteiger partial charge in [0.2, 0.25) is 0 Å². The second-order valence-corrected chi connectivity index (χ2v) is 6.69. The topological polar surface area (TPSA) is 85.8 Å². The lowest BCUT2D eigenvalue weighted by molar-refractivity contribution is -0.156. The molecule has 1 N–H and O–H groups in total. The van der Waals surface area contributed by atoms with Crippen LogP contribution in [0.15, 0.2) is 4.52 Å². The number of halogens is 3. The van der Waals surface area contributed by atoms with E-state index in [2.05, 4.69) is 20.7 Å². The predicted molar refractivity (Wildman–Crippen MR) is 82.4 cm³/mol. The van der Waals surface area contributed by atoms with E-state index in [1.807, 2.05) is 0 Å². The molecule has 0 bridgehead atoms. The SMILES string of the molecule is O=C(NCc1nnc2n1CCCC2C(F)(F)F)c1noc2c1CCCC2. The first kappa shape index (κ1) is 17.0. The monoisotopic (exact) mass is 369 g/mol. The zero-order valence-electron chi connectivity index (χ0n) is 14.0. The third-order valence-electron chi connectivity index (χ3n) is 5.01. The van der Waals surface area contributed by atoms with Crippen LogP contribution in [0.4, 0.5) is 13.2 Å². The molecule has 140 valence electrons. The Kier molecular flexibility index (Phi) is 4.20. The van der Waals surface area contributed by atoms with Gasteiger partial charge in [-0.1, -0.05) is 5.16 Å². The van der Waals surface area contributed by atoms with E-state index in [1.54, 1.807) is 0 Å². The van der Waals surface area contributed by atoms with Crippen molar-refractivity contribution in [3.8, 4) is 0 Å². The second-order valence-electron chi connectivity index (χ2n) is 6.69. The van der Waals surface area contributed by atoms with E-state index < -0.39 is 18.0 Å². The number of hydrogen-bond donors (Lipinski definition) is 1. The molecular weight excluding hydrogens is 351 g/mol. The summed E-state index contributed by atoms with van der Waals surface area (Å²) in [5.74, 6) is -1.02. The number of hydrogen-bond acceptors (Lipinski definition) is 5. The lowest BCUT2D eigenvalue weighted by Gasteiger charge is -2.25. The molecule has 0 spiro atoms. The van der Waals surface area contributed by atoms with Gasteiger partial charge in [-0.2, -0.15) is 13.2 Å². The van der Waals surface area contributed by atoms with Gasteiger partial charge in [0.05, 0.1) is 6.54 Å². The Labute approximate surface area is 146 Å². The fraction of sp³-hybridized carbons (Fsp3) is 0.625. The van der Waals surface area contributed by atoms with Gasteiger partial charge >= 0.3 is 6.18 Å². The summed E-state index contributed by atoms with van der Waals surface area (Å²) in [6.07, 6.45) is -0.431. The Morgan fingerprint density at radius 3 is 2.85 bits per heavy atom. The first-order valence-corrected chi connectivity index (χ1v) is 8.69. The maximum Gasteiger partial charge on any atom is 0.398 e. The minimum Gasteiger partial charge on any atom is -0.360 e. The van der Waals surface area contributed by atoms with Gasteiger partial charge in [-0.15, -0.1) is 10.2 Å². The van der Waals surface area contributed by atoms with Crippen molar-refractivity contribution in [3.63, 3.8) is 0 Å². The van der Waals surface area contributed by atoms with Crippen LogP contribution in [0.2, 0.25) is 0 Å². The summed E-state index contributed by atoms with van der Waals surface area (Å²) in [7, 11) is 0. The Bertz CT molecular complexity index is 826. The van der Waals surface area contributed by atoms with E-state index >= 15 is 0 Å². The van der Waals surface area contributed by atoms with Crippen LogP contribution < -0.4 is 5.32 Å². The highest BCUT2D eigenvalue weighted by Crippen LogP contribution is 2.40. The predicted octanol–water partition coefficient (Wildman–Crippen LogP) is 2.51. The fourth-order valence-electron chi connectivity index (χ4n) is 3.68. The molecule has 1 aliphatic heterocycles. The Morgan fingerprint density at radius 1 is 1.23 bits per heavy atom. The van der Waals surface area contributed by atoms with Gasteiger partial charge in [0.15, 0.2) is 11.5 Å². The quantitative estimate of drug-likeness (QED) is 0.899. The maximum absolute atomic E-state index is 13.1. The van der Waals surface area contributed by atoms with Crippen molar-refractivity contribution in [2.24, 2.45) is 0 Å². The number of fused-ring (bicyclic) bond motifs is 2. The zero-order valence-corrected chi connectivity index (χ0v) is 14.0. The molecule has 10 heteroatoms. The molecule has 2 aliphatic rings. The number of nitrogens with one attached hydrogen (secondary N) is 1. The molecule has 0 aromatic carbocycles. The van der Waals surface area contributed by atoms with E-state index in [0.29, 0.717) is 18.8 Å². The molecular formula is C16H18F3N5O2. The number of carbonyl (C=O) groups is 1. The minimum atomic E-state index is -4.34. The summed E-state index contributed by atoms with van der Waals surface area (Å²) >= 11 is 0. The van der Waals surface area contributed by atoms with Crippen LogP contribution in [0.5, 0.6) is 0 Å². The van der Waals surface area contributed by atoms with Crippen molar-refractivity contribution in [2.45, 2.75) is 63.7 Å². The van der Waals surface area contributed by atoms with Gasteiger partial charge < -0.3 is 14.4 Å². The molecule has 3 heterocycles. The van der Waals surface area contributed by atoms with Gasteiger partial charge in [0, 0.05) is 18.5 Å². The second kappa shape index (κ2) is 6.40. The number of aromatic nitrogens is 4. The van der Waals surface area contributed by atoms with Crippen LogP contribution in [0, 0.1) is 0 Å². The van der Waals surface area contributed by atoms with Crippen molar-refractivity contribution in [2.75, 3.05) is 0 Å². The number of alkyl halides is 3. The normalized spacial score (nSPS) is 19.7. The van der Waals surface area contributed by atoms with Gasteiger partial charge in [-0.3, -0.25) is 4.79 Å². The molecule has 0 radical (unpaired) electrons. The van der Waals surface area contributed by atoms with Crippen molar-refractivity contribution in [3.05, 3.63) is 28.7 Å². The smallest absolute Gasteiger partial charge is 0.360 e. The van der Waals surface area contributed by atoms with E-state index in [9.17, 15) is 18.0 Å². The lowest BCUT2D eigenvalue weighted by atomic mass is 9.96. The molecule has 1 aliphatic carbocycles. The Hall–Kier alpha value is -2.39. The summed E-state index contributed by atoms with van der Waals surface area (Å²) in [6.45, 7) is 0.414. The Morgan fingerprint density at radius 2 is 2.04 bits per heavy atom. The summed E-state index contributed by atoms with van der Waals surface area (Å²) in [4.78, 5) is 12.4. The third-order valence-corrected chi connectivity index (χ3v) is 5.01. The Balaban J connectivity index is 1.48. The van der Waals surface area contributed by atoms with Gasteiger partial charge in [-0.05, 0) is 32.1 Å². The number of carbonyl (C=O) groups excluding carboxylic acids is 1. The average molecular weight is 369 g/mol. The number of aryl methyl sites for hydroxylation is 1. The molecule has 2 aromatic heterocycles. The fourth-order valence-corrected chi connectivity index (χ4v) is 3.68. The summed E-state index contributed by atoms with van der Waals surface area (Å²) in [6, 6.07) is 0. The summed E-state index contributed by atoms with van der Waals surface area (Å²) < 4.78 is 46.0. The highest BCUT2D eigenvalue weighted by atomic mass is 19.4. The van der Waals surface area contributed by atoms with Crippen LogP contribution in [0.25, 0.3) is 0 Å². The van der Waals surface area contributed by atoms with E-state index in [4.69, 9.17) is 4.52 Å². The lowest BCUT2D eigenvalue weighted by Crippen LogP contribution is -2.30. The van der Waals surface area contributed by atoms with Crippen LogP contribution >= 0.6 is 0 Å². The molecule has 2 aromatic rings. The number of rotatable bonds is 3. The van der Waals surface area contributed by atoms with Crippen molar-refractivity contribution >= 4 is 5.91 Å². The van der Waals surface area contributed by atoms with Crippen LogP contribution in [0.3, 0.4) is 0 Å². The molecule has 1 amide bonds. The molecule has 0 fully saturated rings. The van der Waals surface area contributed by atoms with Crippen LogP contribution in [0.1, 0.15) is 65.1 Å². The minimum absolute atomic E-state index is 0.00194. The van der Waals surface area contributed by atoms with Crippen molar-refractivity contribution in [1.82, 2.24) is 25.2 Å². The molecule has 0 saturated carbocycles. The molecule has 4 rings (SSSR count). The molecule has 1 atom stereocenters. The number of amides is 1. The first-order chi connectivity index (χ1) is 12.4. The van der Waals surface area contributed by atoms with Gasteiger partial charge in [-0.25, -0.2) is 0 Å². The largest absolute Gasteiger partial charge is 0.398 e. The van der Waals surface area contributed by atoms with E-state index in [-0.39, 0.29) is 24.5 Å².